The first-order chi connectivity index (χ1) is 5.24. The molecule has 0 saturated heterocycles. The molecule has 11 heavy (non-hydrogen) atoms. The van der Waals surface area contributed by atoms with Crippen LogP contribution in [0.1, 0.15) is 5.69 Å². The van der Waals surface area contributed by atoms with Crippen molar-refractivity contribution in [3.05, 3.63) is 22.4 Å². The molecule has 0 amide bonds. The molecule has 0 spiro atoms. The molecule has 0 fully saturated rings. The third-order valence-electron chi connectivity index (χ3n) is 1.35. The minimum absolute atomic E-state index is 0.582. The summed E-state index contributed by atoms with van der Waals surface area (Å²) >= 11 is 3.27. The van der Waals surface area contributed by atoms with E-state index in [0.717, 1.165) is 16.6 Å². The highest BCUT2D eigenvalue weighted by Crippen LogP contribution is 2.15. The topological polar surface area (TPSA) is 64.9 Å². The molecule has 0 unspecified atom stereocenters. The summed E-state index contributed by atoms with van der Waals surface area (Å²) in [5, 5.41) is 0. The number of halogens is 1. The molecule has 0 radical (unpaired) electrons. The first kappa shape index (κ1) is 8.49. The van der Waals surface area contributed by atoms with Crippen molar-refractivity contribution in [1.29, 1.82) is 0 Å². The molecule has 0 aliphatic carbocycles. The Kier molecular flexibility index (Phi) is 2.84. The standard InChI is InChI=1S/C7H10BrN3/c8-5-3-6(10)7(1-2-9)11-4-5/h3-4H,1-2,9-10H2. The van der Waals surface area contributed by atoms with Crippen molar-refractivity contribution < 1.29 is 0 Å². The van der Waals surface area contributed by atoms with Crippen LogP contribution in [0.25, 0.3) is 0 Å². The molecule has 3 nitrogen and oxygen atoms in total. The zero-order valence-electron chi connectivity index (χ0n) is 6.05. The second-order valence-electron chi connectivity index (χ2n) is 2.23. The second-order valence-corrected chi connectivity index (χ2v) is 3.14. The molecular weight excluding hydrogens is 206 g/mol. The van der Waals surface area contributed by atoms with Crippen LogP contribution in [-0.4, -0.2) is 11.5 Å². The number of hydrogen-bond acceptors (Lipinski definition) is 3. The van der Waals surface area contributed by atoms with E-state index < -0.39 is 0 Å². The average molecular weight is 216 g/mol. The highest BCUT2D eigenvalue weighted by atomic mass is 79.9. The second kappa shape index (κ2) is 3.69. The summed E-state index contributed by atoms with van der Waals surface area (Å²) in [5.74, 6) is 0. The van der Waals surface area contributed by atoms with Crippen molar-refractivity contribution in [2.45, 2.75) is 6.42 Å². The van der Waals surface area contributed by atoms with Crippen LogP contribution in [0, 0.1) is 0 Å². The van der Waals surface area contributed by atoms with Crippen LogP contribution in [0.2, 0.25) is 0 Å². The van der Waals surface area contributed by atoms with Crippen LogP contribution in [0.3, 0.4) is 0 Å². The van der Waals surface area contributed by atoms with Gasteiger partial charge in [0.15, 0.2) is 0 Å². The Bertz CT molecular complexity index is 249. The summed E-state index contributed by atoms with van der Waals surface area (Å²) in [6.45, 7) is 0.582. The molecule has 1 heterocycles. The Labute approximate surface area is 73.9 Å². The number of aromatic nitrogens is 1. The van der Waals surface area contributed by atoms with Crippen LogP contribution < -0.4 is 11.5 Å². The predicted octanol–water partition coefficient (Wildman–Crippen LogP) is 0.927. The Balaban J connectivity index is 2.90. The predicted molar refractivity (Wildman–Crippen MR) is 49.1 cm³/mol. The molecule has 60 valence electrons. The molecule has 4 N–H and O–H groups in total. The summed E-state index contributed by atoms with van der Waals surface area (Å²) in [6, 6.07) is 1.83. The van der Waals surface area contributed by atoms with Gasteiger partial charge in [-0.15, -0.1) is 0 Å². The molecule has 1 aromatic rings. The monoisotopic (exact) mass is 215 g/mol. The Morgan fingerprint density at radius 3 is 2.82 bits per heavy atom. The lowest BCUT2D eigenvalue weighted by Gasteiger charge is -2.01. The number of nitrogens with two attached hydrogens (primary N) is 2. The molecule has 0 aromatic carbocycles. The smallest absolute Gasteiger partial charge is 0.0645 e. The van der Waals surface area contributed by atoms with Crippen molar-refractivity contribution in [3.63, 3.8) is 0 Å². The van der Waals surface area contributed by atoms with Gasteiger partial charge in [0.25, 0.3) is 0 Å². The molecule has 0 saturated carbocycles. The van der Waals surface area contributed by atoms with E-state index >= 15 is 0 Å². The first-order valence-electron chi connectivity index (χ1n) is 3.34. The van der Waals surface area contributed by atoms with Gasteiger partial charge in [0.05, 0.1) is 11.4 Å². The lowest BCUT2D eigenvalue weighted by atomic mass is 10.2. The Morgan fingerprint density at radius 2 is 2.27 bits per heavy atom. The van der Waals surface area contributed by atoms with Gasteiger partial charge >= 0.3 is 0 Å². The number of nitrogens with zero attached hydrogens (tertiary/aromatic N) is 1. The van der Waals surface area contributed by atoms with Crippen molar-refractivity contribution in [2.24, 2.45) is 5.73 Å². The van der Waals surface area contributed by atoms with Gasteiger partial charge in [0.2, 0.25) is 0 Å². The zero-order chi connectivity index (χ0) is 8.27. The maximum Gasteiger partial charge on any atom is 0.0645 e. The highest BCUT2D eigenvalue weighted by molar-refractivity contribution is 9.10. The molecule has 0 aliphatic rings. The number of nitrogen functional groups attached to an aromatic ring is 1. The van der Waals surface area contributed by atoms with Gasteiger partial charge in [-0.3, -0.25) is 4.98 Å². The van der Waals surface area contributed by atoms with Crippen LogP contribution >= 0.6 is 15.9 Å². The Morgan fingerprint density at radius 1 is 1.55 bits per heavy atom. The average Bonchev–Trinajstić information content (AvgIpc) is 1.95. The van der Waals surface area contributed by atoms with Crippen molar-refractivity contribution in [1.82, 2.24) is 4.98 Å². The van der Waals surface area contributed by atoms with Crippen LogP contribution in [0.15, 0.2) is 16.7 Å². The first-order valence-corrected chi connectivity index (χ1v) is 4.13. The summed E-state index contributed by atoms with van der Waals surface area (Å²) in [6.07, 6.45) is 2.46. The minimum Gasteiger partial charge on any atom is -0.397 e. The van der Waals surface area contributed by atoms with Crippen molar-refractivity contribution in [2.75, 3.05) is 12.3 Å². The lowest BCUT2D eigenvalue weighted by molar-refractivity contribution is 0.925. The van der Waals surface area contributed by atoms with E-state index in [1.807, 2.05) is 6.07 Å². The van der Waals surface area contributed by atoms with E-state index in [1.165, 1.54) is 0 Å². The van der Waals surface area contributed by atoms with Gasteiger partial charge < -0.3 is 11.5 Å². The van der Waals surface area contributed by atoms with Crippen LogP contribution in [0.4, 0.5) is 5.69 Å². The normalized spacial score (nSPS) is 10.0. The van der Waals surface area contributed by atoms with E-state index in [-0.39, 0.29) is 0 Å². The summed E-state index contributed by atoms with van der Waals surface area (Å²) in [7, 11) is 0. The van der Waals surface area contributed by atoms with E-state index in [9.17, 15) is 0 Å². The van der Waals surface area contributed by atoms with Gasteiger partial charge in [-0.2, -0.15) is 0 Å². The van der Waals surface area contributed by atoms with Gasteiger partial charge in [-0.1, -0.05) is 0 Å². The summed E-state index contributed by atoms with van der Waals surface area (Å²) < 4.78 is 0.899. The number of hydrogen-bond donors (Lipinski definition) is 2. The molecule has 0 atom stereocenters. The fourth-order valence-electron chi connectivity index (χ4n) is 0.829. The van der Waals surface area contributed by atoms with Gasteiger partial charge in [0.1, 0.15) is 0 Å². The molecule has 1 aromatic heterocycles. The molecule has 0 aliphatic heterocycles. The highest BCUT2D eigenvalue weighted by Gasteiger charge is 1.98. The van der Waals surface area contributed by atoms with Gasteiger partial charge in [0, 0.05) is 17.1 Å². The largest absolute Gasteiger partial charge is 0.397 e. The number of anilines is 1. The minimum atomic E-state index is 0.582. The fourth-order valence-corrected chi connectivity index (χ4v) is 1.18. The lowest BCUT2D eigenvalue weighted by Crippen LogP contribution is -2.06. The maximum absolute atomic E-state index is 5.66. The van der Waals surface area contributed by atoms with E-state index in [2.05, 4.69) is 20.9 Å². The third-order valence-corrected chi connectivity index (χ3v) is 1.79. The summed E-state index contributed by atoms with van der Waals surface area (Å²) in [4.78, 5) is 4.12. The van der Waals surface area contributed by atoms with Crippen LogP contribution in [-0.2, 0) is 6.42 Å². The quantitative estimate of drug-likeness (QED) is 0.772. The van der Waals surface area contributed by atoms with E-state index in [1.54, 1.807) is 6.20 Å². The van der Waals surface area contributed by atoms with Crippen molar-refractivity contribution in [3.8, 4) is 0 Å². The van der Waals surface area contributed by atoms with E-state index in [0.29, 0.717) is 12.2 Å². The maximum atomic E-state index is 5.66. The number of pyridine rings is 1. The summed E-state index contributed by atoms with van der Waals surface area (Å²) in [5.41, 5.74) is 12.6. The molecular formula is C7H10BrN3. The molecule has 4 heteroatoms. The van der Waals surface area contributed by atoms with E-state index in [4.69, 9.17) is 11.5 Å². The molecule has 1 rings (SSSR count). The SMILES string of the molecule is NCCc1ncc(Br)cc1N. The third kappa shape index (κ3) is 2.17. The Hall–Kier alpha value is -0.610. The van der Waals surface area contributed by atoms with Gasteiger partial charge in [-0.25, -0.2) is 0 Å². The van der Waals surface area contributed by atoms with Gasteiger partial charge in [-0.05, 0) is 28.5 Å². The zero-order valence-corrected chi connectivity index (χ0v) is 7.63. The van der Waals surface area contributed by atoms with Crippen LogP contribution in [0.5, 0.6) is 0 Å². The molecule has 0 bridgehead atoms. The fraction of sp³-hybridized carbons (Fsp3) is 0.286. The number of rotatable bonds is 2. The van der Waals surface area contributed by atoms with Crippen molar-refractivity contribution >= 4 is 21.6 Å².